The predicted octanol–water partition coefficient (Wildman–Crippen LogP) is 1.02. The summed E-state index contributed by atoms with van der Waals surface area (Å²) in [5, 5.41) is 0. The van der Waals surface area contributed by atoms with Gasteiger partial charge in [-0.25, -0.2) is 12.7 Å². The summed E-state index contributed by atoms with van der Waals surface area (Å²) in [5.41, 5.74) is 1.06. The van der Waals surface area contributed by atoms with Crippen LogP contribution in [0.1, 0.15) is 22.8 Å². The van der Waals surface area contributed by atoms with Gasteiger partial charge in [0.05, 0.1) is 4.90 Å². The molecule has 23 heavy (non-hydrogen) atoms. The van der Waals surface area contributed by atoms with Crippen LogP contribution in [0.25, 0.3) is 0 Å². The van der Waals surface area contributed by atoms with Crippen LogP contribution in [0.5, 0.6) is 0 Å². The number of amides is 1. The molecule has 0 radical (unpaired) electrons. The lowest BCUT2D eigenvalue weighted by Gasteiger charge is -2.38. The van der Waals surface area contributed by atoms with E-state index in [0.717, 1.165) is 13.1 Å². The number of benzene rings is 1. The number of aryl methyl sites for hydroxylation is 1. The van der Waals surface area contributed by atoms with Gasteiger partial charge in [-0.1, -0.05) is 6.07 Å². The van der Waals surface area contributed by atoms with E-state index < -0.39 is 10.0 Å². The molecule has 0 aromatic heterocycles. The number of rotatable bonds is 3. The SMILES string of the molecule is Cc1ccc(C(=O)N2CCN(C)CC2C)cc1S(=O)(=O)N(C)C. The van der Waals surface area contributed by atoms with Crippen molar-refractivity contribution < 1.29 is 13.2 Å². The third kappa shape index (κ3) is 3.57. The minimum absolute atomic E-state index is 0.108. The van der Waals surface area contributed by atoms with Crippen LogP contribution in [0.3, 0.4) is 0 Å². The molecular weight excluding hydrogens is 314 g/mol. The van der Waals surface area contributed by atoms with Crippen LogP contribution in [0.4, 0.5) is 0 Å². The highest BCUT2D eigenvalue weighted by atomic mass is 32.2. The second kappa shape index (κ2) is 6.59. The molecule has 1 heterocycles. The van der Waals surface area contributed by atoms with Crippen LogP contribution in [-0.2, 0) is 10.0 Å². The monoisotopic (exact) mass is 339 g/mol. The molecule has 1 saturated heterocycles. The maximum absolute atomic E-state index is 12.8. The second-order valence-corrected chi connectivity index (χ2v) is 8.50. The first-order valence-electron chi connectivity index (χ1n) is 7.67. The first-order chi connectivity index (χ1) is 10.6. The maximum atomic E-state index is 12.8. The highest BCUT2D eigenvalue weighted by Gasteiger charge is 2.28. The van der Waals surface area contributed by atoms with Gasteiger partial charge in [-0.3, -0.25) is 4.79 Å². The standard InChI is InChI=1S/C16H25N3O3S/c1-12-6-7-14(10-15(12)23(21,22)17(3)4)16(20)19-9-8-18(5)11-13(19)2/h6-7,10,13H,8-9,11H2,1-5H3. The fourth-order valence-corrected chi connectivity index (χ4v) is 3.96. The number of hydrogen-bond donors (Lipinski definition) is 0. The normalized spacial score (nSPS) is 20.1. The lowest BCUT2D eigenvalue weighted by Crippen LogP contribution is -2.52. The van der Waals surface area contributed by atoms with Gasteiger partial charge in [0.25, 0.3) is 5.91 Å². The van der Waals surface area contributed by atoms with Gasteiger partial charge in [-0.15, -0.1) is 0 Å². The van der Waals surface area contributed by atoms with Crippen LogP contribution in [0.15, 0.2) is 23.1 Å². The molecule has 7 heteroatoms. The van der Waals surface area contributed by atoms with Crippen molar-refractivity contribution in [2.75, 3.05) is 40.8 Å². The van der Waals surface area contributed by atoms with Crippen LogP contribution >= 0.6 is 0 Å². The summed E-state index contributed by atoms with van der Waals surface area (Å²) in [6.07, 6.45) is 0. The Kier molecular flexibility index (Phi) is 5.13. The van der Waals surface area contributed by atoms with E-state index in [2.05, 4.69) is 4.90 Å². The van der Waals surface area contributed by atoms with Crippen molar-refractivity contribution in [3.63, 3.8) is 0 Å². The summed E-state index contributed by atoms with van der Waals surface area (Å²) >= 11 is 0. The summed E-state index contributed by atoms with van der Waals surface area (Å²) in [5.74, 6) is -0.110. The van der Waals surface area contributed by atoms with Gasteiger partial charge in [-0.2, -0.15) is 0 Å². The molecule has 1 aliphatic heterocycles. The van der Waals surface area contributed by atoms with Gasteiger partial charge in [0.2, 0.25) is 10.0 Å². The summed E-state index contributed by atoms with van der Waals surface area (Å²) in [6.45, 7) is 6.05. The van der Waals surface area contributed by atoms with Gasteiger partial charge in [0.15, 0.2) is 0 Å². The predicted molar refractivity (Wildman–Crippen MR) is 90.0 cm³/mol. The molecule has 1 aliphatic rings. The average Bonchev–Trinajstić information content (AvgIpc) is 2.46. The summed E-state index contributed by atoms with van der Waals surface area (Å²) in [7, 11) is 1.46. The molecule has 1 aromatic carbocycles. The lowest BCUT2D eigenvalue weighted by molar-refractivity contribution is 0.0533. The molecule has 1 unspecified atom stereocenters. The minimum atomic E-state index is -3.56. The Hall–Kier alpha value is -1.44. The van der Waals surface area contributed by atoms with Crippen LogP contribution in [-0.4, -0.2) is 75.2 Å². The fourth-order valence-electron chi connectivity index (χ4n) is 2.81. The maximum Gasteiger partial charge on any atom is 0.254 e. The van der Waals surface area contributed by atoms with Crippen LogP contribution in [0.2, 0.25) is 0 Å². The zero-order valence-electron chi connectivity index (χ0n) is 14.4. The van der Waals surface area contributed by atoms with E-state index >= 15 is 0 Å². The van der Waals surface area contributed by atoms with Crippen molar-refractivity contribution in [3.8, 4) is 0 Å². The topological polar surface area (TPSA) is 60.9 Å². The van der Waals surface area contributed by atoms with Crippen molar-refractivity contribution in [2.24, 2.45) is 0 Å². The van der Waals surface area contributed by atoms with Crippen molar-refractivity contribution in [1.82, 2.24) is 14.1 Å². The average molecular weight is 339 g/mol. The minimum Gasteiger partial charge on any atom is -0.333 e. The Labute approximate surface area is 138 Å². The molecule has 0 N–H and O–H groups in total. The Bertz CT molecular complexity index is 701. The van der Waals surface area contributed by atoms with Gasteiger partial charge in [0, 0.05) is 45.3 Å². The number of carbonyl (C=O) groups excluding carboxylic acids is 1. The molecule has 1 amide bonds. The quantitative estimate of drug-likeness (QED) is 0.825. The molecule has 1 atom stereocenters. The summed E-state index contributed by atoms with van der Waals surface area (Å²) < 4.78 is 26.0. The van der Waals surface area contributed by atoms with Crippen LogP contribution in [0, 0.1) is 6.92 Å². The third-order valence-electron chi connectivity index (χ3n) is 4.29. The molecule has 6 nitrogen and oxygen atoms in total. The number of sulfonamides is 1. The number of likely N-dealkylation sites (N-methyl/N-ethyl adjacent to an activating group) is 1. The molecule has 1 aromatic rings. The van der Waals surface area contributed by atoms with Gasteiger partial charge in [-0.05, 0) is 38.6 Å². The summed E-state index contributed by atoms with van der Waals surface area (Å²) in [4.78, 5) is 17.0. The van der Waals surface area contributed by atoms with Gasteiger partial charge >= 0.3 is 0 Å². The third-order valence-corrected chi connectivity index (χ3v) is 6.24. The Balaban J connectivity index is 2.36. The van der Waals surface area contributed by atoms with E-state index in [1.165, 1.54) is 24.5 Å². The molecule has 2 rings (SSSR count). The number of piperazine rings is 1. The van der Waals surface area contributed by atoms with Crippen molar-refractivity contribution in [1.29, 1.82) is 0 Å². The van der Waals surface area contributed by atoms with E-state index in [1.54, 1.807) is 19.1 Å². The van der Waals surface area contributed by atoms with Crippen LogP contribution < -0.4 is 0 Å². The largest absolute Gasteiger partial charge is 0.333 e. The lowest BCUT2D eigenvalue weighted by atomic mass is 10.1. The first kappa shape index (κ1) is 17.9. The van der Waals surface area contributed by atoms with E-state index in [-0.39, 0.29) is 16.8 Å². The Morgan fingerprint density at radius 3 is 2.48 bits per heavy atom. The van der Waals surface area contributed by atoms with Crippen molar-refractivity contribution >= 4 is 15.9 Å². The smallest absolute Gasteiger partial charge is 0.254 e. The van der Waals surface area contributed by atoms with E-state index in [0.29, 0.717) is 17.7 Å². The number of hydrogen-bond acceptors (Lipinski definition) is 4. The highest BCUT2D eigenvalue weighted by molar-refractivity contribution is 7.89. The van der Waals surface area contributed by atoms with E-state index in [4.69, 9.17) is 0 Å². The van der Waals surface area contributed by atoms with E-state index in [9.17, 15) is 13.2 Å². The fraction of sp³-hybridized carbons (Fsp3) is 0.562. The highest BCUT2D eigenvalue weighted by Crippen LogP contribution is 2.22. The van der Waals surface area contributed by atoms with E-state index in [1.807, 2.05) is 18.9 Å². The Morgan fingerprint density at radius 1 is 1.26 bits per heavy atom. The second-order valence-electron chi connectivity index (χ2n) is 6.38. The van der Waals surface area contributed by atoms with Crippen molar-refractivity contribution in [2.45, 2.75) is 24.8 Å². The number of carbonyl (C=O) groups is 1. The zero-order valence-corrected chi connectivity index (χ0v) is 15.2. The van der Waals surface area contributed by atoms with Gasteiger partial charge in [0.1, 0.15) is 0 Å². The molecule has 0 aliphatic carbocycles. The molecular formula is C16H25N3O3S. The first-order valence-corrected chi connectivity index (χ1v) is 9.11. The number of nitrogens with zero attached hydrogens (tertiary/aromatic N) is 3. The zero-order chi connectivity index (χ0) is 17.4. The Morgan fingerprint density at radius 2 is 1.91 bits per heavy atom. The van der Waals surface area contributed by atoms with Crippen molar-refractivity contribution in [3.05, 3.63) is 29.3 Å². The molecule has 128 valence electrons. The molecule has 0 saturated carbocycles. The molecule has 1 fully saturated rings. The van der Waals surface area contributed by atoms with Gasteiger partial charge < -0.3 is 9.80 Å². The molecule has 0 spiro atoms. The molecule has 0 bridgehead atoms. The summed E-state index contributed by atoms with van der Waals surface area (Å²) in [6, 6.07) is 5.01.